The topological polar surface area (TPSA) is 97.4 Å². The van der Waals surface area contributed by atoms with Gasteiger partial charge in [-0.05, 0) is 73.2 Å². The van der Waals surface area contributed by atoms with Crippen molar-refractivity contribution in [1.82, 2.24) is 10.3 Å². The van der Waals surface area contributed by atoms with Gasteiger partial charge in [0.05, 0.1) is 10.5 Å². The Bertz CT molecular complexity index is 1230. The molecule has 0 atom stereocenters. The minimum absolute atomic E-state index is 0.123. The SMILES string of the molecule is CC(C)Cc1ccc(S(=O)(=O)Nc2ccc(Oc3ccc(C(=O)NC4CCCC4)cn3)cc2)cc1. The van der Waals surface area contributed by atoms with Crippen molar-refractivity contribution in [1.29, 1.82) is 0 Å². The lowest BCUT2D eigenvalue weighted by atomic mass is 10.0. The van der Waals surface area contributed by atoms with Crippen LogP contribution in [-0.2, 0) is 16.4 Å². The van der Waals surface area contributed by atoms with Crippen molar-refractivity contribution in [2.75, 3.05) is 4.72 Å². The van der Waals surface area contributed by atoms with E-state index in [4.69, 9.17) is 4.74 Å². The van der Waals surface area contributed by atoms with Crippen molar-refractivity contribution in [2.45, 2.75) is 56.9 Å². The van der Waals surface area contributed by atoms with Gasteiger partial charge in [-0.1, -0.05) is 38.8 Å². The Labute approximate surface area is 207 Å². The van der Waals surface area contributed by atoms with Crippen LogP contribution < -0.4 is 14.8 Å². The van der Waals surface area contributed by atoms with Crippen molar-refractivity contribution in [3.63, 3.8) is 0 Å². The van der Waals surface area contributed by atoms with Crippen molar-refractivity contribution in [2.24, 2.45) is 5.92 Å². The van der Waals surface area contributed by atoms with Crippen LogP contribution in [0.4, 0.5) is 5.69 Å². The molecule has 1 aromatic heterocycles. The summed E-state index contributed by atoms with van der Waals surface area (Å²) in [5.41, 5.74) is 2.03. The first kappa shape index (κ1) is 24.7. The van der Waals surface area contributed by atoms with Crippen LogP contribution >= 0.6 is 0 Å². The summed E-state index contributed by atoms with van der Waals surface area (Å²) in [6, 6.07) is 17.1. The second-order valence-electron chi connectivity index (χ2n) is 9.31. The third-order valence-corrected chi connectivity index (χ3v) is 7.29. The van der Waals surface area contributed by atoms with E-state index in [1.807, 2.05) is 12.1 Å². The van der Waals surface area contributed by atoms with Gasteiger partial charge in [-0.25, -0.2) is 13.4 Å². The smallest absolute Gasteiger partial charge is 0.261 e. The maximum Gasteiger partial charge on any atom is 0.261 e. The normalized spacial score (nSPS) is 14.1. The molecule has 1 aliphatic carbocycles. The van der Waals surface area contributed by atoms with E-state index in [-0.39, 0.29) is 16.8 Å². The fourth-order valence-corrected chi connectivity index (χ4v) is 5.17. The minimum Gasteiger partial charge on any atom is -0.439 e. The number of benzene rings is 2. The molecule has 0 aliphatic heterocycles. The van der Waals surface area contributed by atoms with Crippen LogP contribution in [0.1, 0.15) is 55.5 Å². The molecule has 0 saturated heterocycles. The van der Waals surface area contributed by atoms with E-state index in [2.05, 4.69) is 28.9 Å². The molecule has 1 saturated carbocycles. The lowest BCUT2D eigenvalue weighted by Crippen LogP contribution is -2.32. The molecule has 0 bridgehead atoms. The zero-order valence-corrected chi connectivity index (χ0v) is 20.8. The highest BCUT2D eigenvalue weighted by molar-refractivity contribution is 7.92. The molecule has 7 nitrogen and oxygen atoms in total. The fraction of sp³-hybridized carbons (Fsp3) is 0.333. The summed E-state index contributed by atoms with van der Waals surface area (Å²) >= 11 is 0. The van der Waals surface area contributed by atoms with Gasteiger partial charge in [-0.3, -0.25) is 9.52 Å². The number of anilines is 1. The molecule has 1 aliphatic rings. The average molecular weight is 494 g/mol. The molecule has 1 fully saturated rings. The van der Waals surface area contributed by atoms with Crippen molar-refractivity contribution < 1.29 is 17.9 Å². The molecule has 35 heavy (non-hydrogen) atoms. The number of rotatable bonds is 9. The molecule has 0 radical (unpaired) electrons. The molecule has 8 heteroatoms. The van der Waals surface area contributed by atoms with Crippen molar-refractivity contribution in [3.8, 4) is 11.6 Å². The highest BCUT2D eigenvalue weighted by Gasteiger charge is 2.18. The van der Waals surface area contributed by atoms with Crippen molar-refractivity contribution in [3.05, 3.63) is 78.0 Å². The summed E-state index contributed by atoms with van der Waals surface area (Å²) < 4.78 is 33.8. The maximum absolute atomic E-state index is 12.7. The first-order valence-electron chi connectivity index (χ1n) is 11.9. The van der Waals surface area contributed by atoms with Gasteiger partial charge in [0.1, 0.15) is 5.75 Å². The molecule has 184 valence electrons. The number of nitrogens with zero attached hydrogens (tertiary/aromatic N) is 1. The zero-order chi connectivity index (χ0) is 24.8. The van der Waals surface area contributed by atoms with Gasteiger partial charge >= 0.3 is 0 Å². The van der Waals surface area contributed by atoms with Crippen LogP contribution in [0.3, 0.4) is 0 Å². The second kappa shape index (κ2) is 10.9. The van der Waals surface area contributed by atoms with Gasteiger partial charge in [0.2, 0.25) is 5.88 Å². The number of ether oxygens (including phenoxy) is 1. The van der Waals surface area contributed by atoms with Crippen LogP contribution in [0.5, 0.6) is 11.6 Å². The van der Waals surface area contributed by atoms with Gasteiger partial charge in [0.25, 0.3) is 15.9 Å². The lowest BCUT2D eigenvalue weighted by molar-refractivity contribution is 0.0937. The van der Waals surface area contributed by atoms with E-state index in [0.29, 0.717) is 28.8 Å². The summed E-state index contributed by atoms with van der Waals surface area (Å²) in [6.45, 7) is 4.25. The Hall–Kier alpha value is -3.39. The Morgan fingerprint density at radius 3 is 2.29 bits per heavy atom. The summed E-state index contributed by atoms with van der Waals surface area (Å²) in [4.78, 5) is 16.8. The average Bonchev–Trinajstić information content (AvgIpc) is 3.34. The molecule has 1 heterocycles. The molecular weight excluding hydrogens is 462 g/mol. The largest absolute Gasteiger partial charge is 0.439 e. The zero-order valence-electron chi connectivity index (χ0n) is 20.0. The van der Waals surface area contributed by atoms with Gasteiger partial charge in [-0.15, -0.1) is 0 Å². The van der Waals surface area contributed by atoms with Crippen LogP contribution in [0, 0.1) is 5.92 Å². The molecule has 4 rings (SSSR count). The molecule has 1 amide bonds. The van der Waals surface area contributed by atoms with E-state index in [0.717, 1.165) is 37.7 Å². The molecule has 0 unspecified atom stereocenters. The highest BCUT2D eigenvalue weighted by Crippen LogP contribution is 2.24. The predicted molar refractivity (Wildman–Crippen MR) is 136 cm³/mol. The van der Waals surface area contributed by atoms with Gasteiger partial charge in [0, 0.05) is 24.0 Å². The minimum atomic E-state index is -3.69. The molecular formula is C27H31N3O4S. The number of pyridine rings is 1. The Balaban J connectivity index is 1.34. The van der Waals surface area contributed by atoms with Crippen LogP contribution in [0.25, 0.3) is 0 Å². The monoisotopic (exact) mass is 493 g/mol. The number of carbonyl (C=O) groups is 1. The quantitative estimate of drug-likeness (QED) is 0.408. The van der Waals surface area contributed by atoms with Gasteiger partial charge < -0.3 is 10.1 Å². The van der Waals surface area contributed by atoms with Gasteiger partial charge in [0.15, 0.2) is 0 Å². The molecule has 2 N–H and O–H groups in total. The molecule has 3 aromatic rings. The summed E-state index contributed by atoms with van der Waals surface area (Å²) in [7, 11) is -3.69. The molecule has 0 spiro atoms. The van der Waals surface area contributed by atoms with Gasteiger partial charge in [-0.2, -0.15) is 0 Å². The van der Waals surface area contributed by atoms with E-state index >= 15 is 0 Å². The van der Waals surface area contributed by atoms with E-state index in [9.17, 15) is 13.2 Å². The number of sulfonamides is 1. The number of aromatic nitrogens is 1. The predicted octanol–water partition coefficient (Wildman–Crippen LogP) is 5.55. The summed E-state index contributed by atoms with van der Waals surface area (Å²) in [5, 5.41) is 3.04. The summed E-state index contributed by atoms with van der Waals surface area (Å²) in [6.07, 6.45) is 6.76. The maximum atomic E-state index is 12.7. The Morgan fingerprint density at radius 1 is 1.00 bits per heavy atom. The Morgan fingerprint density at radius 2 is 1.69 bits per heavy atom. The van der Waals surface area contributed by atoms with Crippen molar-refractivity contribution >= 4 is 21.6 Å². The van der Waals surface area contributed by atoms with E-state index in [1.54, 1.807) is 48.5 Å². The molecule has 2 aromatic carbocycles. The number of hydrogen-bond acceptors (Lipinski definition) is 5. The second-order valence-corrected chi connectivity index (χ2v) is 11.0. The number of amides is 1. The van der Waals surface area contributed by atoms with Crippen LogP contribution in [0.15, 0.2) is 71.8 Å². The third kappa shape index (κ3) is 6.82. The van der Waals surface area contributed by atoms with Crippen LogP contribution in [0.2, 0.25) is 0 Å². The van der Waals surface area contributed by atoms with E-state index in [1.165, 1.54) is 6.20 Å². The number of carbonyl (C=O) groups excluding carboxylic acids is 1. The highest BCUT2D eigenvalue weighted by atomic mass is 32.2. The first-order valence-corrected chi connectivity index (χ1v) is 13.4. The van der Waals surface area contributed by atoms with E-state index < -0.39 is 10.0 Å². The number of nitrogens with one attached hydrogen (secondary N) is 2. The van der Waals surface area contributed by atoms with Crippen LogP contribution in [-0.4, -0.2) is 25.4 Å². The Kier molecular flexibility index (Phi) is 7.70. The fourth-order valence-electron chi connectivity index (χ4n) is 4.12. The first-order chi connectivity index (χ1) is 16.8. The summed E-state index contributed by atoms with van der Waals surface area (Å²) in [5.74, 6) is 1.23. The standard InChI is InChI=1S/C27H31N3O4S/c1-19(2)17-20-7-14-25(15-8-20)35(32,33)30-23-10-12-24(13-11-23)34-26-16-9-21(18-28-26)27(31)29-22-5-3-4-6-22/h7-16,18-19,22,30H,3-6,17H2,1-2H3,(H,29,31). The number of hydrogen-bond donors (Lipinski definition) is 2. The third-order valence-electron chi connectivity index (χ3n) is 5.90. The lowest BCUT2D eigenvalue weighted by Gasteiger charge is -2.12.